The Balaban J connectivity index is 2.65. The van der Waals surface area contributed by atoms with Gasteiger partial charge in [-0.2, -0.15) is 5.26 Å². The van der Waals surface area contributed by atoms with Gasteiger partial charge in [-0.3, -0.25) is 0 Å². The van der Waals surface area contributed by atoms with E-state index in [-0.39, 0.29) is 10.8 Å². The summed E-state index contributed by atoms with van der Waals surface area (Å²) in [5, 5.41) is 12.5. The van der Waals surface area contributed by atoms with E-state index in [0.29, 0.717) is 0 Å². The fourth-order valence-electron chi connectivity index (χ4n) is 2.25. The third kappa shape index (κ3) is 3.00. The molecule has 1 saturated heterocycles. The van der Waals surface area contributed by atoms with E-state index in [1.54, 1.807) is 0 Å². The zero-order valence-corrected chi connectivity index (χ0v) is 8.98. The highest BCUT2D eigenvalue weighted by molar-refractivity contribution is 5.03. The third-order valence-electron chi connectivity index (χ3n) is 2.67. The van der Waals surface area contributed by atoms with Gasteiger partial charge in [-0.25, -0.2) is 0 Å². The summed E-state index contributed by atoms with van der Waals surface area (Å²) in [6.45, 7) is 8.66. The lowest BCUT2D eigenvalue weighted by Gasteiger charge is -2.36. The number of piperidine rings is 1. The van der Waals surface area contributed by atoms with Crippen LogP contribution in [0.15, 0.2) is 0 Å². The van der Waals surface area contributed by atoms with Crippen molar-refractivity contribution < 1.29 is 0 Å². The van der Waals surface area contributed by atoms with Crippen LogP contribution >= 0.6 is 0 Å². The van der Waals surface area contributed by atoms with E-state index >= 15 is 0 Å². The van der Waals surface area contributed by atoms with Gasteiger partial charge in [-0.05, 0) is 37.8 Å². The van der Waals surface area contributed by atoms with Crippen molar-refractivity contribution in [3.8, 4) is 6.07 Å². The molecule has 1 fully saturated rings. The molecule has 0 aliphatic carbocycles. The van der Waals surface area contributed by atoms with Gasteiger partial charge in [0.25, 0.3) is 0 Å². The molecule has 74 valence electrons. The molecule has 0 aromatic carbocycles. The minimum atomic E-state index is -0.0521. The maximum atomic E-state index is 9.23. The second-order valence-electron chi connectivity index (χ2n) is 5.38. The molecule has 0 saturated carbocycles. The van der Waals surface area contributed by atoms with Crippen molar-refractivity contribution in [2.45, 2.75) is 40.0 Å². The summed E-state index contributed by atoms with van der Waals surface area (Å²) in [5.41, 5.74) is 0.219. The van der Waals surface area contributed by atoms with E-state index in [1.165, 1.54) is 0 Å². The van der Waals surface area contributed by atoms with Crippen molar-refractivity contribution in [2.24, 2.45) is 10.8 Å². The van der Waals surface area contributed by atoms with Crippen LogP contribution in [-0.4, -0.2) is 13.1 Å². The first kappa shape index (κ1) is 10.5. The van der Waals surface area contributed by atoms with Crippen LogP contribution in [0.3, 0.4) is 0 Å². The summed E-state index contributed by atoms with van der Waals surface area (Å²) in [7, 11) is 0. The van der Waals surface area contributed by atoms with Gasteiger partial charge >= 0.3 is 0 Å². The Hall–Kier alpha value is -0.550. The van der Waals surface area contributed by atoms with Gasteiger partial charge in [-0.15, -0.1) is 0 Å². The molecule has 0 atom stereocenters. The number of hydrogen-bond donors (Lipinski definition) is 1. The van der Waals surface area contributed by atoms with Crippen molar-refractivity contribution in [1.82, 2.24) is 5.32 Å². The lowest BCUT2D eigenvalue weighted by Crippen LogP contribution is -2.38. The summed E-state index contributed by atoms with van der Waals surface area (Å²) >= 11 is 0. The molecule has 0 amide bonds. The zero-order chi connectivity index (χ0) is 9.95. The maximum absolute atomic E-state index is 9.23. The average Bonchev–Trinajstić information content (AvgIpc) is 2.03. The Labute approximate surface area is 81.3 Å². The monoisotopic (exact) mass is 180 g/mol. The molecule has 2 nitrogen and oxygen atoms in total. The Morgan fingerprint density at radius 1 is 1.31 bits per heavy atom. The molecule has 1 aliphatic heterocycles. The predicted molar refractivity (Wildman–Crippen MR) is 54.2 cm³/mol. The predicted octanol–water partition coefficient (Wildman–Crippen LogP) is 2.32. The number of hydrogen-bond acceptors (Lipinski definition) is 2. The first-order valence-electron chi connectivity index (χ1n) is 5.09. The van der Waals surface area contributed by atoms with Crippen LogP contribution < -0.4 is 5.32 Å². The lowest BCUT2D eigenvalue weighted by atomic mass is 9.70. The van der Waals surface area contributed by atoms with Gasteiger partial charge in [0.15, 0.2) is 0 Å². The standard InChI is InChI=1S/C11H20N2/c1-10(2,3)8-11(9-12)4-6-13-7-5-11/h13H,4-8H2,1-3H3. The van der Waals surface area contributed by atoms with Crippen molar-refractivity contribution in [2.75, 3.05) is 13.1 Å². The molecule has 0 bridgehead atoms. The maximum Gasteiger partial charge on any atom is 0.0690 e. The molecule has 0 spiro atoms. The van der Waals surface area contributed by atoms with Gasteiger partial charge in [0.2, 0.25) is 0 Å². The van der Waals surface area contributed by atoms with Crippen LogP contribution in [0.4, 0.5) is 0 Å². The molecule has 0 aromatic rings. The normalized spacial score (nSPS) is 22.3. The molecule has 2 heteroatoms. The number of nitrogens with zero attached hydrogens (tertiary/aromatic N) is 1. The molecule has 1 heterocycles. The van der Waals surface area contributed by atoms with E-state index in [2.05, 4.69) is 32.2 Å². The van der Waals surface area contributed by atoms with Crippen LogP contribution in [0, 0.1) is 22.2 Å². The van der Waals surface area contributed by atoms with Crippen LogP contribution in [0.25, 0.3) is 0 Å². The van der Waals surface area contributed by atoms with Crippen molar-refractivity contribution in [3.05, 3.63) is 0 Å². The summed E-state index contributed by atoms with van der Waals surface area (Å²) in [6, 6.07) is 2.53. The fourth-order valence-corrected chi connectivity index (χ4v) is 2.25. The SMILES string of the molecule is CC(C)(C)CC1(C#N)CCNCC1. The molecule has 1 N–H and O–H groups in total. The highest BCUT2D eigenvalue weighted by Crippen LogP contribution is 2.39. The third-order valence-corrected chi connectivity index (χ3v) is 2.67. The summed E-state index contributed by atoms with van der Waals surface area (Å²) in [4.78, 5) is 0. The molecular formula is C11H20N2. The van der Waals surface area contributed by atoms with Crippen LogP contribution in [-0.2, 0) is 0 Å². The minimum absolute atomic E-state index is 0.0521. The van der Waals surface area contributed by atoms with Gasteiger partial charge in [0.1, 0.15) is 0 Å². The second kappa shape index (κ2) is 3.67. The molecular weight excluding hydrogens is 160 g/mol. The fraction of sp³-hybridized carbons (Fsp3) is 0.909. The first-order valence-corrected chi connectivity index (χ1v) is 5.09. The van der Waals surface area contributed by atoms with Gasteiger partial charge in [0.05, 0.1) is 11.5 Å². The largest absolute Gasteiger partial charge is 0.317 e. The van der Waals surface area contributed by atoms with E-state index in [9.17, 15) is 5.26 Å². The van der Waals surface area contributed by atoms with Crippen molar-refractivity contribution in [3.63, 3.8) is 0 Å². The number of rotatable bonds is 1. The molecule has 0 unspecified atom stereocenters. The average molecular weight is 180 g/mol. The van der Waals surface area contributed by atoms with Crippen molar-refractivity contribution in [1.29, 1.82) is 5.26 Å². The molecule has 1 rings (SSSR count). The Morgan fingerprint density at radius 2 is 1.85 bits per heavy atom. The number of nitriles is 1. The van der Waals surface area contributed by atoms with E-state index in [0.717, 1.165) is 32.4 Å². The van der Waals surface area contributed by atoms with Crippen LogP contribution in [0.2, 0.25) is 0 Å². The van der Waals surface area contributed by atoms with E-state index in [1.807, 2.05) is 0 Å². The van der Waals surface area contributed by atoms with E-state index < -0.39 is 0 Å². The van der Waals surface area contributed by atoms with Crippen LogP contribution in [0.5, 0.6) is 0 Å². The molecule has 1 aliphatic rings. The molecule has 13 heavy (non-hydrogen) atoms. The summed E-state index contributed by atoms with van der Waals surface area (Å²) in [6.07, 6.45) is 3.06. The zero-order valence-electron chi connectivity index (χ0n) is 8.98. The lowest BCUT2D eigenvalue weighted by molar-refractivity contribution is 0.182. The molecule has 0 aromatic heterocycles. The van der Waals surface area contributed by atoms with Gasteiger partial charge in [0, 0.05) is 0 Å². The Kier molecular flexibility index (Phi) is 2.98. The highest BCUT2D eigenvalue weighted by Gasteiger charge is 2.35. The molecule has 0 radical (unpaired) electrons. The van der Waals surface area contributed by atoms with Gasteiger partial charge in [-0.1, -0.05) is 20.8 Å². The van der Waals surface area contributed by atoms with E-state index in [4.69, 9.17) is 0 Å². The second-order valence-corrected chi connectivity index (χ2v) is 5.38. The Morgan fingerprint density at radius 3 is 2.23 bits per heavy atom. The topological polar surface area (TPSA) is 35.8 Å². The smallest absolute Gasteiger partial charge is 0.0690 e. The summed E-state index contributed by atoms with van der Waals surface area (Å²) in [5.74, 6) is 0. The van der Waals surface area contributed by atoms with Crippen molar-refractivity contribution >= 4 is 0 Å². The van der Waals surface area contributed by atoms with Gasteiger partial charge < -0.3 is 5.32 Å². The Bertz CT molecular complexity index is 201. The first-order chi connectivity index (χ1) is 5.97. The summed E-state index contributed by atoms with van der Waals surface area (Å²) < 4.78 is 0. The highest BCUT2D eigenvalue weighted by atomic mass is 14.9. The quantitative estimate of drug-likeness (QED) is 0.672. The number of nitrogens with one attached hydrogen (secondary N) is 1. The minimum Gasteiger partial charge on any atom is -0.317 e. The van der Waals surface area contributed by atoms with Crippen LogP contribution in [0.1, 0.15) is 40.0 Å².